The summed E-state index contributed by atoms with van der Waals surface area (Å²) in [5.41, 5.74) is 1.64. The maximum atomic E-state index is 12.9. The number of aromatic nitrogens is 2. The molecule has 1 aromatic carbocycles. The van der Waals surface area contributed by atoms with Crippen LogP contribution in [0.2, 0.25) is 0 Å². The highest BCUT2D eigenvalue weighted by molar-refractivity contribution is 5.94. The molecule has 22 heavy (non-hydrogen) atoms. The molecule has 0 bridgehead atoms. The Morgan fingerprint density at radius 3 is 2.68 bits per heavy atom. The van der Waals surface area contributed by atoms with Crippen LogP contribution in [0.3, 0.4) is 0 Å². The molecule has 1 heterocycles. The predicted octanol–water partition coefficient (Wildman–Crippen LogP) is 1.83. The normalized spacial score (nSPS) is 15.5. The number of nitrogens with zero attached hydrogens (tertiary/aromatic N) is 3. The molecule has 1 atom stereocenters. The maximum Gasteiger partial charge on any atom is 0.257 e. The molecule has 1 fully saturated rings. The van der Waals surface area contributed by atoms with Gasteiger partial charge in [-0.2, -0.15) is 5.10 Å². The Kier molecular flexibility index (Phi) is 4.24. The highest BCUT2D eigenvalue weighted by Crippen LogP contribution is 2.36. The number of carbonyl (C=O) groups is 1. The molecule has 1 N–H and O–H groups in total. The number of rotatable bonds is 6. The van der Waals surface area contributed by atoms with E-state index in [1.807, 2.05) is 30.3 Å². The number of amides is 1. The Bertz CT molecular complexity index is 634. The number of hydrogen-bond acceptors (Lipinski definition) is 3. The van der Waals surface area contributed by atoms with E-state index in [1.165, 1.54) is 0 Å². The first kappa shape index (κ1) is 14.8. The molecule has 1 aromatic heterocycles. The van der Waals surface area contributed by atoms with Crippen LogP contribution in [-0.4, -0.2) is 38.3 Å². The lowest BCUT2D eigenvalue weighted by Crippen LogP contribution is -2.43. The van der Waals surface area contributed by atoms with E-state index in [1.54, 1.807) is 29.0 Å². The molecule has 1 aliphatic carbocycles. The highest BCUT2D eigenvalue weighted by atomic mass is 16.3. The number of aliphatic hydroxyl groups excluding tert-OH is 1. The van der Waals surface area contributed by atoms with Crippen molar-refractivity contribution < 1.29 is 9.90 Å². The Morgan fingerprint density at radius 1 is 1.41 bits per heavy atom. The van der Waals surface area contributed by atoms with Crippen LogP contribution < -0.4 is 0 Å². The molecule has 5 nitrogen and oxygen atoms in total. The molecule has 0 unspecified atom stereocenters. The average Bonchev–Trinajstić information content (AvgIpc) is 3.28. The summed E-state index contributed by atoms with van der Waals surface area (Å²) in [6.07, 6.45) is 5.47. The van der Waals surface area contributed by atoms with Crippen molar-refractivity contribution in [3.8, 4) is 0 Å². The minimum Gasteiger partial charge on any atom is -0.394 e. The first-order valence-corrected chi connectivity index (χ1v) is 7.63. The molecule has 0 spiro atoms. The van der Waals surface area contributed by atoms with Gasteiger partial charge in [0.2, 0.25) is 0 Å². The van der Waals surface area contributed by atoms with E-state index in [-0.39, 0.29) is 18.6 Å². The van der Waals surface area contributed by atoms with E-state index >= 15 is 0 Å². The van der Waals surface area contributed by atoms with Crippen LogP contribution >= 0.6 is 0 Å². The van der Waals surface area contributed by atoms with Crippen LogP contribution in [0, 0.1) is 5.92 Å². The Morgan fingerprint density at radius 2 is 2.14 bits per heavy atom. The molecule has 1 saturated carbocycles. The van der Waals surface area contributed by atoms with Crippen molar-refractivity contribution in [1.82, 2.24) is 14.7 Å². The second kappa shape index (κ2) is 6.32. The first-order valence-electron chi connectivity index (χ1n) is 7.63. The fourth-order valence-corrected chi connectivity index (χ4v) is 2.80. The van der Waals surface area contributed by atoms with Gasteiger partial charge in [0.05, 0.1) is 24.4 Å². The molecule has 116 valence electrons. The smallest absolute Gasteiger partial charge is 0.257 e. The SMILES string of the molecule is Cn1cc(C(=O)N(Cc2ccccc2)[C@@H](CO)C2CC2)cn1. The van der Waals surface area contributed by atoms with Crippen molar-refractivity contribution in [1.29, 1.82) is 0 Å². The summed E-state index contributed by atoms with van der Waals surface area (Å²) in [4.78, 5) is 14.7. The number of hydrogen-bond donors (Lipinski definition) is 1. The van der Waals surface area contributed by atoms with Gasteiger partial charge in [0.15, 0.2) is 0 Å². The lowest BCUT2D eigenvalue weighted by Gasteiger charge is -2.30. The topological polar surface area (TPSA) is 58.4 Å². The van der Waals surface area contributed by atoms with Crippen molar-refractivity contribution in [2.24, 2.45) is 13.0 Å². The zero-order chi connectivity index (χ0) is 15.5. The fourth-order valence-electron chi connectivity index (χ4n) is 2.80. The summed E-state index contributed by atoms with van der Waals surface area (Å²) >= 11 is 0. The zero-order valence-corrected chi connectivity index (χ0v) is 12.7. The van der Waals surface area contributed by atoms with E-state index < -0.39 is 0 Å². The van der Waals surface area contributed by atoms with Gasteiger partial charge in [-0.1, -0.05) is 30.3 Å². The lowest BCUT2D eigenvalue weighted by molar-refractivity contribution is 0.0531. The second-order valence-electron chi connectivity index (χ2n) is 5.91. The molecular formula is C17H21N3O2. The van der Waals surface area contributed by atoms with E-state index in [0.29, 0.717) is 18.0 Å². The van der Waals surface area contributed by atoms with Crippen LogP contribution in [0.5, 0.6) is 0 Å². The predicted molar refractivity (Wildman–Crippen MR) is 83.1 cm³/mol. The number of benzene rings is 1. The van der Waals surface area contributed by atoms with Gasteiger partial charge in [0.1, 0.15) is 0 Å². The minimum absolute atomic E-state index is 0.00347. The molecule has 1 aliphatic rings. The summed E-state index contributed by atoms with van der Waals surface area (Å²) in [5, 5.41) is 13.9. The number of aliphatic hydroxyl groups is 1. The van der Waals surface area contributed by atoms with Crippen LogP contribution in [0.15, 0.2) is 42.7 Å². The Labute approximate surface area is 130 Å². The van der Waals surface area contributed by atoms with Crippen LogP contribution in [0.4, 0.5) is 0 Å². The van der Waals surface area contributed by atoms with Crippen molar-refractivity contribution in [3.05, 3.63) is 53.9 Å². The third kappa shape index (κ3) is 3.20. The van der Waals surface area contributed by atoms with E-state index in [0.717, 1.165) is 18.4 Å². The van der Waals surface area contributed by atoms with Gasteiger partial charge in [-0.25, -0.2) is 0 Å². The van der Waals surface area contributed by atoms with Gasteiger partial charge in [0.25, 0.3) is 5.91 Å². The highest BCUT2D eigenvalue weighted by Gasteiger charge is 2.37. The third-order valence-electron chi connectivity index (χ3n) is 4.16. The lowest BCUT2D eigenvalue weighted by atomic mass is 10.1. The van der Waals surface area contributed by atoms with Crippen LogP contribution in [0.25, 0.3) is 0 Å². The Hall–Kier alpha value is -2.14. The minimum atomic E-state index is -0.118. The fraction of sp³-hybridized carbons (Fsp3) is 0.412. The number of carbonyl (C=O) groups excluding carboxylic acids is 1. The molecule has 0 radical (unpaired) electrons. The molecule has 3 rings (SSSR count). The van der Waals surface area contributed by atoms with Gasteiger partial charge in [-0.05, 0) is 24.3 Å². The summed E-state index contributed by atoms with van der Waals surface area (Å²) in [6, 6.07) is 9.78. The van der Waals surface area contributed by atoms with Gasteiger partial charge in [-0.15, -0.1) is 0 Å². The first-order chi connectivity index (χ1) is 10.7. The second-order valence-corrected chi connectivity index (χ2v) is 5.91. The molecular weight excluding hydrogens is 278 g/mol. The summed E-state index contributed by atoms with van der Waals surface area (Å²) in [6.45, 7) is 0.514. The standard InChI is InChI=1S/C17H21N3O2/c1-19-11-15(9-18-19)17(22)20(16(12-21)14-7-8-14)10-13-5-3-2-4-6-13/h2-6,9,11,14,16,21H,7-8,10,12H2,1H3/t16-/m0/s1. The molecule has 0 aliphatic heterocycles. The molecule has 1 amide bonds. The maximum absolute atomic E-state index is 12.9. The molecule has 0 saturated heterocycles. The monoisotopic (exact) mass is 299 g/mol. The van der Waals surface area contributed by atoms with Crippen molar-refractivity contribution >= 4 is 5.91 Å². The average molecular weight is 299 g/mol. The third-order valence-corrected chi connectivity index (χ3v) is 4.16. The van der Waals surface area contributed by atoms with Crippen molar-refractivity contribution in [2.75, 3.05) is 6.61 Å². The largest absolute Gasteiger partial charge is 0.394 e. The van der Waals surface area contributed by atoms with Gasteiger partial charge < -0.3 is 10.0 Å². The van der Waals surface area contributed by atoms with Gasteiger partial charge >= 0.3 is 0 Å². The number of aryl methyl sites for hydroxylation is 1. The van der Waals surface area contributed by atoms with Crippen molar-refractivity contribution in [3.63, 3.8) is 0 Å². The van der Waals surface area contributed by atoms with Crippen molar-refractivity contribution in [2.45, 2.75) is 25.4 Å². The van der Waals surface area contributed by atoms with Gasteiger partial charge in [0, 0.05) is 19.8 Å². The molecule has 5 heteroatoms. The van der Waals surface area contributed by atoms with E-state index in [4.69, 9.17) is 0 Å². The van der Waals surface area contributed by atoms with E-state index in [2.05, 4.69) is 5.10 Å². The quantitative estimate of drug-likeness (QED) is 0.885. The zero-order valence-electron chi connectivity index (χ0n) is 12.7. The summed E-state index contributed by atoms with van der Waals surface area (Å²) < 4.78 is 1.62. The summed E-state index contributed by atoms with van der Waals surface area (Å²) in [5.74, 6) is 0.345. The van der Waals surface area contributed by atoms with Crippen LogP contribution in [0.1, 0.15) is 28.8 Å². The van der Waals surface area contributed by atoms with Gasteiger partial charge in [-0.3, -0.25) is 9.48 Å². The van der Waals surface area contributed by atoms with E-state index in [9.17, 15) is 9.90 Å². The Balaban J connectivity index is 1.86. The summed E-state index contributed by atoms with van der Waals surface area (Å²) in [7, 11) is 1.79. The molecule has 2 aromatic rings. The van der Waals surface area contributed by atoms with Crippen LogP contribution in [-0.2, 0) is 13.6 Å².